The number of fused-ring (bicyclic) bond motifs is 1. The Bertz CT molecular complexity index is 1360. The largest absolute Gasteiger partial charge is 0.490 e. The van der Waals surface area contributed by atoms with Crippen LogP contribution in [0.5, 0.6) is 5.75 Å². The Hall–Kier alpha value is -3.59. The number of aromatic nitrogens is 5. The van der Waals surface area contributed by atoms with E-state index in [1.807, 2.05) is 50.0 Å². The summed E-state index contributed by atoms with van der Waals surface area (Å²) in [6, 6.07) is 14.2. The lowest BCUT2D eigenvalue weighted by molar-refractivity contribution is -0.116. The fourth-order valence-electron chi connectivity index (χ4n) is 4.04. The molecule has 1 amide bonds. The molecule has 4 aromatic rings. The number of thioether (sulfide) groups is 1. The fraction of sp³-hybridized carbons (Fsp3) is 0.280. The molecule has 0 spiro atoms. The highest BCUT2D eigenvalue weighted by atomic mass is 32.2. The molecule has 174 valence electrons. The minimum absolute atomic E-state index is 0.0198. The van der Waals surface area contributed by atoms with Gasteiger partial charge in [-0.1, -0.05) is 47.7 Å². The molecule has 1 aliphatic heterocycles. The summed E-state index contributed by atoms with van der Waals surface area (Å²) in [4.78, 5) is 14.9. The summed E-state index contributed by atoms with van der Waals surface area (Å²) in [5.41, 5.74) is 5.89. The molecule has 1 aliphatic rings. The van der Waals surface area contributed by atoms with Crippen molar-refractivity contribution in [3.05, 3.63) is 59.8 Å². The molecule has 0 saturated heterocycles. The van der Waals surface area contributed by atoms with Gasteiger partial charge in [0.05, 0.1) is 23.5 Å². The molecule has 3 heterocycles. The fourth-order valence-corrected chi connectivity index (χ4v) is 4.83. The van der Waals surface area contributed by atoms with Gasteiger partial charge in [0, 0.05) is 25.9 Å². The van der Waals surface area contributed by atoms with Crippen LogP contribution in [0.15, 0.2) is 53.8 Å². The summed E-state index contributed by atoms with van der Waals surface area (Å²) < 4.78 is 9.42. The lowest BCUT2D eigenvalue weighted by atomic mass is 10.1. The summed E-state index contributed by atoms with van der Waals surface area (Å²) in [6.07, 6.45) is 1.95. The molecule has 0 aliphatic carbocycles. The Kier molecular flexibility index (Phi) is 5.87. The first-order chi connectivity index (χ1) is 16.4. The summed E-state index contributed by atoms with van der Waals surface area (Å²) in [6.45, 7) is 5.10. The first kappa shape index (κ1) is 22.2. The molecule has 9 heteroatoms. The van der Waals surface area contributed by atoms with Gasteiger partial charge in [0.2, 0.25) is 5.91 Å². The molecule has 0 N–H and O–H groups in total. The van der Waals surface area contributed by atoms with Crippen molar-refractivity contribution in [2.75, 3.05) is 23.8 Å². The van der Waals surface area contributed by atoms with Crippen LogP contribution in [0.25, 0.3) is 22.6 Å². The number of hydrogen-bond acceptors (Lipinski definition) is 6. The van der Waals surface area contributed by atoms with E-state index >= 15 is 0 Å². The summed E-state index contributed by atoms with van der Waals surface area (Å²) in [5, 5.41) is 14.1. The lowest BCUT2D eigenvalue weighted by Crippen LogP contribution is -2.39. The highest BCUT2D eigenvalue weighted by Gasteiger charge is 2.25. The predicted molar refractivity (Wildman–Crippen MR) is 133 cm³/mol. The van der Waals surface area contributed by atoms with Gasteiger partial charge in [-0.15, -0.1) is 10.2 Å². The van der Waals surface area contributed by atoms with E-state index in [9.17, 15) is 4.79 Å². The van der Waals surface area contributed by atoms with Crippen LogP contribution < -0.4 is 9.64 Å². The molecule has 0 unspecified atom stereocenters. The van der Waals surface area contributed by atoms with Crippen molar-refractivity contribution in [2.24, 2.45) is 14.1 Å². The van der Waals surface area contributed by atoms with E-state index in [-0.39, 0.29) is 11.7 Å². The standard InChI is InChI=1S/C25H26N6O2S/c1-16-5-8-18(9-6-16)23-19(14-29(3)28-23)24-26-27-25(30(24)4)34-15-22(32)31-11-12-33-21-10-7-17(2)13-20(21)31/h5-10,13-14H,11-12,15H2,1-4H3. The van der Waals surface area contributed by atoms with Crippen LogP contribution in [0, 0.1) is 13.8 Å². The van der Waals surface area contributed by atoms with E-state index < -0.39 is 0 Å². The zero-order valence-corrected chi connectivity index (χ0v) is 20.5. The number of rotatable bonds is 5. The number of nitrogens with zero attached hydrogens (tertiary/aromatic N) is 6. The lowest BCUT2D eigenvalue weighted by Gasteiger charge is -2.29. The van der Waals surface area contributed by atoms with Gasteiger partial charge in [-0.05, 0) is 31.5 Å². The maximum atomic E-state index is 13.1. The van der Waals surface area contributed by atoms with E-state index in [1.165, 1.54) is 17.3 Å². The molecular formula is C25H26N6O2S. The smallest absolute Gasteiger partial charge is 0.237 e. The number of benzene rings is 2. The monoisotopic (exact) mass is 474 g/mol. The third-order valence-corrected chi connectivity index (χ3v) is 6.84. The molecule has 2 aromatic heterocycles. The number of anilines is 1. The van der Waals surface area contributed by atoms with Crippen molar-refractivity contribution in [3.63, 3.8) is 0 Å². The number of amides is 1. The Labute approximate surface area is 202 Å². The van der Waals surface area contributed by atoms with Crippen LogP contribution in [-0.2, 0) is 18.9 Å². The van der Waals surface area contributed by atoms with Gasteiger partial charge in [-0.25, -0.2) is 0 Å². The van der Waals surface area contributed by atoms with Crippen molar-refractivity contribution >= 4 is 23.4 Å². The molecule has 0 radical (unpaired) electrons. The van der Waals surface area contributed by atoms with Crippen LogP contribution in [0.4, 0.5) is 5.69 Å². The van der Waals surface area contributed by atoms with E-state index in [1.54, 1.807) is 9.58 Å². The van der Waals surface area contributed by atoms with Crippen LogP contribution in [-0.4, -0.2) is 49.4 Å². The van der Waals surface area contributed by atoms with E-state index in [4.69, 9.17) is 4.74 Å². The van der Waals surface area contributed by atoms with Crippen LogP contribution in [0.1, 0.15) is 11.1 Å². The third-order valence-electron chi connectivity index (χ3n) is 5.83. The zero-order chi connectivity index (χ0) is 23.8. The maximum absolute atomic E-state index is 13.1. The van der Waals surface area contributed by atoms with Gasteiger partial charge in [0.15, 0.2) is 11.0 Å². The van der Waals surface area contributed by atoms with Gasteiger partial charge in [0.25, 0.3) is 0 Å². The normalized spacial score (nSPS) is 13.0. The van der Waals surface area contributed by atoms with Crippen LogP contribution >= 0.6 is 11.8 Å². The van der Waals surface area contributed by atoms with Crippen LogP contribution in [0.3, 0.4) is 0 Å². The molecule has 0 bridgehead atoms. The number of carbonyl (C=O) groups is 1. The molecule has 0 saturated carbocycles. The van der Waals surface area contributed by atoms with E-state index in [2.05, 4.69) is 46.5 Å². The van der Waals surface area contributed by atoms with Crippen molar-refractivity contribution in [1.29, 1.82) is 0 Å². The molecule has 8 nitrogen and oxygen atoms in total. The maximum Gasteiger partial charge on any atom is 0.237 e. The Morgan fingerprint density at radius 1 is 1.06 bits per heavy atom. The average Bonchev–Trinajstić information content (AvgIpc) is 3.39. The Morgan fingerprint density at radius 2 is 1.82 bits per heavy atom. The Morgan fingerprint density at radius 3 is 2.62 bits per heavy atom. The minimum atomic E-state index is 0.0198. The van der Waals surface area contributed by atoms with Gasteiger partial charge < -0.3 is 14.2 Å². The molecule has 2 aromatic carbocycles. The number of ether oxygens (including phenoxy) is 1. The SMILES string of the molecule is Cc1ccc(-c2nn(C)cc2-c2nnc(SCC(=O)N3CCOc4ccc(C)cc43)n2C)cc1. The molecule has 5 rings (SSSR count). The highest BCUT2D eigenvalue weighted by Crippen LogP contribution is 2.34. The second kappa shape index (κ2) is 8.98. The van der Waals surface area contributed by atoms with Crippen molar-refractivity contribution in [3.8, 4) is 28.4 Å². The first-order valence-corrected chi connectivity index (χ1v) is 12.1. The second-order valence-electron chi connectivity index (χ2n) is 8.45. The Balaban J connectivity index is 1.36. The predicted octanol–water partition coefficient (Wildman–Crippen LogP) is 4.02. The van der Waals surface area contributed by atoms with Crippen molar-refractivity contribution < 1.29 is 9.53 Å². The molecular weight excluding hydrogens is 448 g/mol. The van der Waals surface area contributed by atoms with Gasteiger partial charge >= 0.3 is 0 Å². The quantitative estimate of drug-likeness (QED) is 0.407. The minimum Gasteiger partial charge on any atom is -0.490 e. The summed E-state index contributed by atoms with van der Waals surface area (Å²) in [5.74, 6) is 1.74. The first-order valence-electron chi connectivity index (χ1n) is 11.1. The molecule has 0 atom stereocenters. The van der Waals surface area contributed by atoms with E-state index in [0.717, 1.165) is 33.8 Å². The van der Waals surface area contributed by atoms with Crippen LogP contribution in [0.2, 0.25) is 0 Å². The van der Waals surface area contributed by atoms with Crippen molar-refractivity contribution in [1.82, 2.24) is 24.5 Å². The summed E-state index contributed by atoms with van der Waals surface area (Å²) in [7, 11) is 3.81. The highest BCUT2D eigenvalue weighted by molar-refractivity contribution is 7.99. The second-order valence-corrected chi connectivity index (χ2v) is 9.39. The van der Waals surface area contributed by atoms with E-state index in [0.29, 0.717) is 24.1 Å². The zero-order valence-electron chi connectivity index (χ0n) is 19.6. The number of hydrogen-bond donors (Lipinski definition) is 0. The average molecular weight is 475 g/mol. The van der Waals surface area contributed by atoms with Gasteiger partial charge in [-0.2, -0.15) is 5.10 Å². The number of aryl methyl sites for hydroxylation is 3. The molecule has 0 fully saturated rings. The van der Waals surface area contributed by atoms with Crippen molar-refractivity contribution in [2.45, 2.75) is 19.0 Å². The summed E-state index contributed by atoms with van der Waals surface area (Å²) >= 11 is 1.38. The third kappa shape index (κ3) is 4.19. The molecule has 34 heavy (non-hydrogen) atoms. The van der Waals surface area contributed by atoms with Gasteiger partial charge in [-0.3, -0.25) is 9.48 Å². The number of carbonyl (C=O) groups excluding carboxylic acids is 1. The topological polar surface area (TPSA) is 78.1 Å². The van der Waals surface area contributed by atoms with Gasteiger partial charge in [0.1, 0.15) is 18.1 Å².